The van der Waals surface area contributed by atoms with E-state index in [0.29, 0.717) is 6.42 Å². The van der Waals surface area contributed by atoms with E-state index in [2.05, 4.69) is 0 Å². The molecule has 2 aliphatic carbocycles. The zero-order chi connectivity index (χ0) is 16.8. The Bertz CT molecular complexity index is 362. The van der Waals surface area contributed by atoms with Crippen LogP contribution in [0.4, 0.5) is 0 Å². The maximum Gasteiger partial charge on any atom is 0.163 e. The lowest BCUT2D eigenvalue weighted by Crippen LogP contribution is -2.36. The molecule has 1 aliphatic heterocycles. The molecule has 2 N–H and O–H groups in total. The van der Waals surface area contributed by atoms with Crippen LogP contribution in [0.15, 0.2) is 0 Å². The van der Waals surface area contributed by atoms with E-state index in [1.165, 1.54) is 57.8 Å². The highest BCUT2D eigenvalue weighted by atomic mass is 16.8. The van der Waals surface area contributed by atoms with Crippen LogP contribution < -0.4 is 0 Å². The van der Waals surface area contributed by atoms with Crippen LogP contribution in [-0.4, -0.2) is 29.1 Å². The van der Waals surface area contributed by atoms with Gasteiger partial charge in [0.1, 0.15) is 0 Å². The molecule has 24 heavy (non-hydrogen) atoms. The average molecular weight is 341 g/mol. The Morgan fingerprint density at radius 2 is 1.38 bits per heavy atom. The molecule has 4 heteroatoms. The third kappa shape index (κ3) is 5.42. The average Bonchev–Trinajstić information content (AvgIpc) is 2.58. The Hall–Kier alpha value is -0.160. The molecule has 3 aliphatic rings. The fraction of sp³-hybridized carbons (Fsp3) is 1.00. The third-order valence-electron chi connectivity index (χ3n) is 6.52. The molecule has 6 unspecified atom stereocenters. The molecule has 1 saturated heterocycles. The van der Waals surface area contributed by atoms with Crippen molar-refractivity contribution >= 4 is 0 Å². The largest absolute Gasteiger partial charge is 0.368 e. The molecule has 0 amide bonds. The Morgan fingerprint density at radius 3 is 2.12 bits per heavy atom. The number of aliphatic hydroxyl groups excluding tert-OH is 2. The van der Waals surface area contributed by atoms with Crippen molar-refractivity contribution in [3.8, 4) is 0 Å². The Kier molecular flexibility index (Phi) is 7.38. The van der Waals surface area contributed by atoms with E-state index in [1.807, 2.05) is 0 Å². The lowest BCUT2D eigenvalue weighted by Gasteiger charge is -2.35. The van der Waals surface area contributed by atoms with Crippen LogP contribution in [0.25, 0.3) is 0 Å². The van der Waals surface area contributed by atoms with Crippen LogP contribution in [-0.2, 0) is 9.47 Å². The molecule has 0 radical (unpaired) electrons. The highest BCUT2D eigenvalue weighted by molar-refractivity contribution is 4.78. The van der Waals surface area contributed by atoms with Crippen LogP contribution in [0.1, 0.15) is 89.9 Å². The maximum atomic E-state index is 10.6. The van der Waals surface area contributed by atoms with Gasteiger partial charge in [-0.15, -0.1) is 0 Å². The van der Waals surface area contributed by atoms with Crippen molar-refractivity contribution in [1.29, 1.82) is 0 Å². The van der Waals surface area contributed by atoms with Crippen molar-refractivity contribution < 1.29 is 19.7 Å². The molecule has 0 spiro atoms. The van der Waals surface area contributed by atoms with Crippen LogP contribution in [0, 0.1) is 17.8 Å². The molecular weight excluding hydrogens is 304 g/mol. The molecule has 0 aromatic carbocycles. The quantitative estimate of drug-likeness (QED) is 0.751. The number of hydrogen-bond acceptors (Lipinski definition) is 4. The van der Waals surface area contributed by atoms with Crippen LogP contribution in [0.5, 0.6) is 0 Å². The monoisotopic (exact) mass is 340 g/mol. The predicted molar refractivity (Wildman–Crippen MR) is 93.1 cm³/mol. The number of aliphatic hydroxyl groups is 2. The van der Waals surface area contributed by atoms with Crippen LogP contribution in [0.2, 0.25) is 0 Å². The summed E-state index contributed by atoms with van der Waals surface area (Å²) in [5, 5.41) is 20.2. The molecule has 2 saturated carbocycles. The van der Waals surface area contributed by atoms with Gasteiger partial charge < -0.3 is 19.7 Å². The standard InChI is InChI=1S/C20H36O4/c21-18-11-6-12-19(23-18)24-20(22)17-10-3-1-2-7-15-8-4-5-9-16(15)13-14-17/h15-22H,1-14H2. The van der Waals surface area contributed by atoms with E-state index in [1.54, 1.807) is 0 Å². The molecule has 4 nitrogen and oxygen atoms in total. The van der Waals surface area contributed by atoms with E-state index in [4.69, 9.17) is 9.47 Å². The normalized spacial score (nSPS) is 40.5. The fourth-order valence-corrected chi connectivity index (χ4v) is 5.03. The summed E-state index contributed by atoms with van der Waals surface area (Å²) < 4.78 is 11.2. The topological polar surface area (TPSA) is 58.9 Å². The molecule has 140 valence electrons. The van der Waals surface area contributed by atoms with Crippen molar-refractivity contribution in [2.75, 3.05) is 0 Å². The van der Waals surface area contributed by atoms with Gasteiger partial charge in [0.25, 0.3) is 0 Å². The SMILES string of the molecule is OC1CCCC(OC(O)C2CCCCCC3CCCCC3CC2)O1. The lowest BCUT2D eigenvalue weighted by atomic mass is 9.72. The summed E-state index contributed by atoms with van der Waals surface area (Å²) in [6.07, 6.45) is 14.6. The van der Waals surface area contributed by atoms with Gasteiger partial charge in [0.05, 0.1) is 0 Å². The minimum absolute atomic E-state index is 0.216. The summed E-state index contributed by atoms with van der Waals surface area (Å²) in [6, 6.07) is 0. The first-order chi connectivity index (χ1) is 11.7. The first-order valence-corrected chi connectivity index (χ1v) is 10.4. The van der Waals surface area contributed by atoms with E-state index in [0.717, 1.165) is 37.5 Å². The van der Waals surface area contributed by atoms with Gasteiger partial charge in [-0.05, 0) is 50.4 Å². The van der Waals surface area contributed by atoms with Crippen LogP contribution in [0.3, 0.4) is 0 Å². The number of ether oxygens (including phenoxy) is 2. The molecular formula is C20H36O4. The van der Waals surface area contributed by atoms with Gasteiger partial charge in [-0.1, -0.05) is 51.4 Å². The number of hydrogen-bond donors (Lipinski definition) is 2. The first-order valence-electron chi connectivity index (χ1n) is 10.4. The van der Waals surface area contributed by atoms with Crippen molar-refractivity contribution in [2.45, 2.75) is 109 Å². The predicted octanol–water partition coefficient (Wildman–Crippen LogP) is 4.33. The second-order valence-corrected chi connectivity index (χ2v) is 8.26. The molecule has 0 aromatic heterocycles. The lowest BCUT2D eigenvalue weighted by molar-refractivity contribution is -0.302. The van der Waals surface area contributed by atoms with Crippen molar-refractivity contribution in [2.24, 2.45) is 17.8 Å². The molecule has 6 atom stereocenters. The molecule has 1 heterocycles. The molecule has 0 aromatic rings. The maximum absolute atomic E-state index is 10.6. The number of fused-ring (bicyclic) bond motifs is 1. The first kappa shape index (κ1) is 18.6. The van der Waals surface area contributed by atoms with Gasteiger partial charge in [-0.3, -0.25) is 0 Å². The van der Waals surface area contributed by atoms with Gasteiger partial charge in [-0.25, -0.2) is 0 Å². The smallest absolute Gasteiger partial charge is 0.163 e. The van der Waals surface area contributed by atoms with E-state index < -0.39 is 18.9 Å². The van der Waals surface area contributed by atoms with Crippen molar-refractivity contribution in [3.05, 3.63) is 0 Å². The fourth-order valence-electron chi connectivity index (χ4n) is 5.03. The van der Waals surface area contributed by atoms with Gasteiger partial charge >= 0.3 is 0 Å². The molecule has 3 fully saturated rings. The van der Waals surface area contributed by atoms with Gasteiger partial charge in [-0.2, -0.15) is 0 Å². The van der Waals surface area contributed by atoms with Gasteiger partial charge in [0, 0.05) is 5.92 Å². The molecule has 0 bridgehead atoms. The van der Waals surface area contributed by atoms with Gasteiger partial charge in [0.2, 0.25) is 0 Å². The van der Waals surface area contributed by atoms with Crippen molar-refractivity contribution in [3.63, 3.8) is 0 Å². The summed E-state index contributed by atoms with van der Waals surface area (Å²) in [6.45, 7) is 0. The van der Waals surface area contributed by atoms with Crippen molar-refractivity contribution in [1.82, 2.24) is 0 Å². The minimum atomic E-state index is -0.748. The van der Waals surface area contributed by atoms with Gasteiger partial charge in [0.15, 0.2) is 18.9 Å². The van der Waals surface area contributed by atoms with Crippen LogP contribution >= 0.6 is 0 Å². The second-order valence-electron chi connectivity index (χ2n) is 8.26. The van der Waals surface area contributed by atoms with E-state index in [9.17, 15) is 10.2 Å². The third-order valence-corrected chi connectivity index (χ3v) is 6.52. The Labute approximate surface area is 146 Å². The highest BCUT2D eigenvalue weighted by Crippen LogP contribution is 2.39. The Morgan fingerprint density at radius 1 is 0.708 bits per heavy atom. The summed E-state index contributed by atoms with van der Waals surface area (Å²) >= 11 is 0. The van der Waals surface area contributed by atoms with E-state index in [-0.39, 0.29) is 5.92 Å². The Balaban J connectivity index is 1.52. The summed E-state index contributed by atoms with van der Waals surface area (Å²) in [5.41, 5.74) is 0. The summed E-state index contributed by atoms with van der Waals surface area (Å²) in [7, 11) is 0. The zero-order valence-corrected chi connectivity index (χ0v) is 15.1. The molecule has 3 rings (SSSR count). The highest BCUT2D eigenvalue weighted by Gasteiger charge is 2.30. The summed E-state index contributed by atoms with van der Waals surface area (Å²) in [4.78, 5) is 0. The zero-order valence-electron chi connectivity index (χ0n) is 15.1. The number of rotatable bonds is 3. The van der Waals surface area contributed by atoms with E-state index >= 15 is 0 Å². The minimum Gasteiger partial charge on any atom is -0.368 e. The summed E-state index contributed by atoms with van der Waals surface area (Å²) in [5.74, 6) is 2.00. The second kappa shape index (κ2) is 9.51.